The largest absolute Gasteiger partial charge is 0.471 e. The average molecular weight is 306 g/mol. The molecule has 2 aromatic carbocycles. The number of ether oxygens (including phenoxy) is 1. The molecule has 0 amide bonds. The normalized spacial score (nSPS) is 11.5. The van der Waals surface area contributed by atoms with Crippen LogP contribution in [-0.4, -0.2) is 17.6 Å². The zero-order chi connectivity index (χ0) is 16.4. The lowest BCUT2D eigenvalue weighted by Gasteiger charge is -2.24. The number of benzene rings is 2. The van der Waals surface area contributed by atoms with Crippen LogP contribution in [0.5, 0.6) is 5.88 Å². The Hall–Kier alpha value is -2.55. The molecule has 23 heavy (non-hydrogen) atoms. The molecule has 3 rings (SSSR count). The van der Waals surface area contributed by atoms with Crippen molar-refractivity contribution < 1.29 is 4.74 Å². The standard InChI is InChI=1S/C20H22N2O/c1-20(2,3)23-19-17-11-8-12-18(16(17)13-14-21-19)22(4)15-9-6-5-7-10-15/h5-14H,1-4H3. The predicted octanol–water partition coefficient (Wildman–Crippen LogP) is 5.18. The van der Waals surface area contributed by atoms with Gasteiger partial charge in [0.2, 0.25) is 5.88 Å². The summed E-state index contributed by atoms with van der Waals surface area (Å²) in [6.45, 7) is 6.11. The third-order valence-corrected chi connectivity index (χ3v) is 3.65. The van der Waals surface area contributed by atoms with Gasteiger partial charge in [0, 0.05) is 35.4 Å². The summed E-state index contributed by atoms with van der Waals surface area (Å²) in [6, 6.07) is 18.6. The van der Waals surface area contributed by atoms with Crippen LogP contribution in [0.1, 0.15) is 20.8 Å². The summed E-state index contributed by atoms with van der Waals surface area (Å²) in [7, 11) is 2.08. The fourth-order valence-corrected chi connectivity index (χ4v) is 2.62. The molecule has 1 heterocycles. The number of fused-ring (bicyclic) bond motifs is 1. The highest BCUT2D eigenvalue weighted by molar-refractivity contribution is 5.98. The van der Waals surface area contributed by atoms with Crippen LogP contribution < -0.4 is 9.64 Å². The molecule has 0 unspecified atom stereocenters. The lowest BCUT2D eigenvalue weighted by Crippen LogP contribution is -2.23. The zero-order valence-electron chi connectivity index (χ0n) is 14.1. The molecule has 3 aromatic rings. The minimum absolute atomic E-state index is 0.275. The van der Waals surface area contributed by atoms with E-state index in [0.717, 1.165) is 22.1 Å². The van der Waals surface area contributed by atoms with Crippen molar-refractivity contribution in [3.8, 4) is 5.88 Å². The second-order valence-corrected chi connectivity index (χ2v) is 6.60. The Labute approximate surface area is 137 Å². The third kappa shape index (κ3) is 3.29. The third-order valence-electron chi connectivity index (χ3n) is 3.65. The van der Waals surface area contributed by atoms with Crippen molar-refractivity contribution in [1.82, 2.24) is 4.98 Å². The fourth-order valence-electron chi connectivity index (χ4n) is 2.62. The second kappa shape index (κ2) is 5.92. The van der Waals surface area contributed by atoms with E-state index in [-0.39, 0.29) is 5.60 Å². The fraction of sp³-hybridized carbons (Fsp3) is 0.250. The van der Waals surface area contributed by atoms with Crippen LogP contribution in [0.3, 0.4) is 0 Å². The molecule has 3 heteroatoms. The monoisotopic (exact) mass is 306 g/mol. The van der Waals surface area contributed by atoms with Crippen molar-refractivity contribution in [3.05, 3.63) is 60.8 Å². The molecule has 0 radical (unpaired) electrons. The first-order valence-corrected chi connectivity index (χ1v) is 7.81. The molecule has 0 N–H and O–H groups in total. The summed E-state index contributed by atoms with van der Waals surface area (Å²) in [5, 5.41) is 2.16. The lowest BCUT2D eigenvalue weighted by molar-refractivity contribution is 0.126. The number of rotatable bonds is 3. The van der Waals surface area contributed by atoms with E-state index in [1.165, 1.54) is 0 Å². The minimum atomic E-state index is -0.275. The van der Waals surface area contributed by atoms with Crippen LogP contribution in [0, 0.1) is 0 Å². The van der Waals surface area contributed by atoms with Gasteiger partial charge in [0.1, 0.15) is 5.60 Å². The predicted molar refractivity (Wildman–Crippen MR) is 96.6 cm³/mol. The van der Waals surface area contributed by atoms with Gasteiger partial charge >= 0.3 is 0 Å². The number of nitrogens with zero attached hydrogens (tertiary/aromatic N) is 2. The Bertz CT molecular complexity index is 807. The van der Waals surface area contributed by atoms with Gasteiger partial charge in [-0.3, -0.25) is 0 Å². The molecule has 0 spiro atoms. The van der Waals surface area contributed by atoms with Crippen molar-refractivity contribution in [2.45, 2.75) is 26.4 Å². The number of aromatic nitrogens is 1. The van der Waals surface area contributed by atoms with E-state index in [4.69, 9.17) is 4.74 Å². The van der Waals surface area contributed by atoms with Crippen molar-refractivity contribution in [2.24, 2.45) is 0 Å². The molecule has 0 atom stereocenters. The van der Waals surface area contributed by atoms with Gasteiger partial charge in [-0.1, -0.05) is 24.3 Å². The van der Waals surface area contributed by atoms with Crippen LogP contribution in [-0.2, 0) is 0 Å². The molecular formula is C20H22N2O. The number of hydrogen-bond acceptors (Lipinski definition) is 3. The number of anilines is 2. The number of pyridine rings is 1. The molecule has 0 aliphatic heterocycles. The summed E-state index contributed by atoms with van der Waals surface area (Å²) in [5.41, 5.74) is 2.01. The highest BCUT2D eigenvalue weighted by atomic mass is 16.5. The maximum absolute atomic E-state index is 6.03. The van der Waals surface area contributed by atoms with Gasteiger partial charge in [-0.15, -0.1) is 0 Å². The lowest BCUT2D eigenvalue weighted by atomic mass is 10.1. The van der Waals surface area contributed by atoms with Gasteiger partial charge in [-0.2, -0.15) is 0 Å². The van der Waals surface area contributed by atoms with Crippen LogP contribution in [0.2, 0.25) is 0 Å². The van der Waals surface area contributed by atoms with E-state index < -0.39 is 0 Å². The number of para-hydroxylation sites is 1. The number of hydrogen-bond donors (Lipinski definition) is 0. The highest BCUT2D eigenvalue weighted by Crippen LogP contribution is 2.34. The van der Waals surface area contributed by atoms with Crippen molar-refractivity contribution in [1.29, 1.82) is 0 Å². The van der Waals surface area contributed by atoms with Gasteiger partial charge in [0.15, 0.2) is 0 Å². The first-order valence-electron chi connectivity index (χ1n) is 7.81. The van der Waals surface area contributed by atoms with Crippen LogP contribution in [0.4, 0.5) is 11.4 Å². The molecule has 0 aliphatic carbocycles. The van der Waals surface area contributed by atoms with E-state index in [2.05, 4.69) is 41.2 Å². The van der Waals surface area contributed by atoms with Crippen molar-refractivity contribution >= 4 is 22.1 Å². The van der Waals surface area contributed by atoms with Gasteiger partial charge in [0.05, 0.1) is 0 Å². The van der Waals surface area contributed by atoms with Gasteiger partial charge in [-0.05, 0) is 51.1 Å². The van der Waals surface area contributed by atoms with Crippen molar-refractivity contribution in [2.75, 3.05) is 11.9 Å². The summed E-state index contributed by atoms with van der Waals surface area (Å²) in [6.07, 6.45) is 1.81. The molecule has 0 saturated carbocycles. The maximum atomic E-state index is 6.03. The molecule has 0 fully saturated rings. The molecular weight excluding hydrogens is 284 g/mol. The van der Waals surface area contributed by atoms with Gasteiger partial charge in [0.25, 0.3) is 0 Å². The van der Waals surface area contributed by atoms with Crippen molar-refractivity contribution in [3.63, 3.8) is 0 Å². The van der Waals surface area contributed by atoms with E-state index in [1.807, 2.05) is 57.3 Å². The second-order valence-electron chi connectivity index (χ2n) is 6.60. The molecule has 118 valence electrons. The van der Waals surface area contributed by atoms with Crippen LogP contribution >= 0.6 is 0 Å². The van der Waals surface area contributed by atoms with Crippen LogP contribution in [0.25, 0.3) is 10.8 Å². The first kappa shape index (κ1) is 15.3. The van der Waals surface area contributed by atoms with E-state index in [9.17, 15) is 0 Å². The molecule has 3 nitrogen and oxygen atoms in total. The first-order chi connectivity index (χ1) is 11.0. The van der Waals surface area contributed by atoms with E-state index in [0.29, 0.717) is 5.88 Å². The highest BCUT2D eigenvalue weighted by Gasteiger charge is 2.16. The van der Waals surface area contributed by atoms with E-state index >= 15 is 0 Å². The van der Waals surface area contributed by atoms with Gasteiger partial charge < -0.3 is 9.64 Å². The topological polar surface area (TPSA) is 25.4 Å². The Morgan fingerprint density at radius 3 is 2.30 bits per heavy atom. The molecule has 0 aliphatic rings. The summed E-state index contributed by atoms with van der Waals surface area (Å²) >= 11 is 0. The Morgan fingerprint density at radius 2 is 1.61 bits per heavy atom. The van der Waals surface area contributed by atoms with E-state index in [1.54, 1.807) is 0 Å². The molecule has 0 bridgehead atoms. The average Bonchev–Trinajstić information content (AvgIpc) is 2.53. The summed E-state index contributed by atoms with van der Waals surface area (Å²) in [5.74, 6) is 0.679. The minimum Gasteiger partial charge on any atom is -0.471 e. The van der Waals surface area contributed by atoms with Gasteiger partial charge in [-0.25, -0.2) is 4.98 Å². The molecule has 0 saturated heterocycles. The maximum Gasteiger partial charge on any atom is 0.221 e. The summed E-state index contributed by atoms with van der Waals surface area (Å²) < 4.78 is 6.03. The quantitative estimate of drug-likeness (QED) is 0.666. The van der Waals surface area contributed by atoms with Crippen LogP contribution in [0.15, 0.2) is 60.8 Å². The molecule has 1 aromatic heterocycles. The Balaban J connectivity index is 2.11. The Morgan fingerprint density at radius 1 is 0.870 bits per heavy atom. The zero-order valence-corrected chi connectivity index (χ0v) is 14.1. The Kier molecular flexibility index (Phi) is 3.95. The summed E-state index contributed by atoms with van der Waals surface area (Å²) in [4.78, 5) is 6.61. The smallest absolute Gasteiger partial charge is 0.221 e. The SMILES string of the molecule is CN(c1ccccc1)c1cccc2c(OC(C)(C)C)nccc12.